The van der Waals surface area contributed by atoms with Gasteiger partial charge in [-0.15, -0.1) is 0 Å². The standard InChI is InChI=1S/C10H19F2N3/c1-14-5-3-13-9(6-14)2-4-15-7-10(11,12)8-15/h9,13H,2-8H2,1H3/t9-/m1/s1. The van der Waals surface area contributed by atoms with E-state index in [1.807, 2.05) is 4.90 Å². The van der Waals surface area contributed by atoms with Gasteiger partial charge in [0.1, 0.15) is 0 Å². The first-order valence-corrected chi connectivity index (χ1v) is 5.57. The topological polar surface area (TPSA) is 18.5 Å². The smallest absolute Gasteiger partial charge is 0.272 e. The number of hydrogen-bond donors (Lipinski definition) is 1. The van der Waals surface area contributed by atoms with Crippen molar-refractivity contribution in [1.29, 1.82) is 0 Å². The van der Waals surface area contributed by atoms with E-state index in [9.17, 15) is 8.78 Å². The molecule has 0 aromatic heterocycles. The molecule has 88 valence electrons. The molecule has 0 aromatic rings. The van der Waals surface area contributed by atoms with Gasteiger partial charge < -0.3 is 10.2 Å². The molecule has 5 heteroatoms. The molecule has 1 atom stereocenters. The summed E-state index contributed by atoms with van der Waals surface area (Å²) in [6, 6.07) is 0.470. The van der Waals surface area contributed by atoms with E-state index in [1.165, 1.54) is 0 Å². The summed E-state index contributed by atoms with van der Waals surface area (Å²) in [4.78, 5) is 4.11. The molecule has 0 aliphatic carbocycles. The van der Waals surface area contributed by atoms with Crippen LogP contribution >= 0.6 is 0 Å². The molecule has 3 nitrogen and oxygen atoms in total. The Bertz CT molecular complexity index is 215. The highest BCUT2D eigenvalue weighted by molar-refractivity contribution is 4.88. The van der Waals surface area contributed by atoms with E-state index in [1.54, 1.807) is 0 Å². The molecule has 2 aliphatic heterocycles. The SMILES string of the molecule is CN1CCN[C@H](CCN2CC(F)(F)C2)C1. The van der Waals surface area contributed by atoms with Crippen LogP contribution in [0.15, 0.2) is 0 Å². The van der Waals surface area contributed by atoms with E-state index in [0.29, 0.717) is 6.04 Å². The average molecular weight is 219 g/mol. The Morgan fingerprint density at radius 1 is 1.40 bits per heavy atom. The van der Waals surface area contributed by atoms with Crippen molar-refractivity contribution < 1.29 is 8.78 Å². The quantitative estimate of drug-likeness (QED) is 0.733. The van der Waals surface area contributed by atoms with Gasteiger partial charge in [-0.25, -0.2) is 8.78 Å². The summed E-state index contributed by atoms with van der Waals surface area (Å²) in [6.07, 6.45) is 0.973. The number of likely N-dealkylation sites (tertiary alicyclic amines) is 1. The predicted octanol–water partition coefficient (Wildman–Crippen LogP) is 0.231. The third-order valence-corrected chi connectivity index (χ3v) is 3.16. The highest BCUT2D eigenvalue weighted by Crippen LogP contribution is 2.26. The molecule has 2 aliphatic rings. The Morgan fingerprint density at radius 2 is 2.13 bits per heavy atom. The third-order valence-electron chi connectivity index (χ3n) is 3.16. The largest absolute Gasteiger partial charge is 0.311 e. The fourth-order valence-corrected chi connectivity index (χ4v) is 2.29. The van der Waals surface area contributed by atoms with E-state index in [-0.39, 0.29) is 13.1 Å². The first-order chi connectivity index (χ1) is 7.05. The molecule has 0 spiro atoms. The minimum Gasteiger partial charge on any atom is -0.311 e. The molecular formula is C10H19F2N3. The van der Waals surface area contributed by atoms with Crippen LogP contribution in [0.2, 0.25) is 0 Å². The van der Waals surface area contributed by atoms with Crippen LogP contribution in [0.1, 0.15) is 6.42 Å². The van der Waals surface area contributed by atoms with Crippen LogP contribution in [0, 0.1) is 0 Å². The van der Waals surface area contributed by atoms with E-state index in [2.05, 4.69) is 17.3 Å². The van der Waals surface area contributed by atoms with E-state index in [4.69, 9.17) is 0 Å². The van der Waals surface area contributed by atoms with Crippen LogP contribution in [0.5, 0.6) is 0 Å². The summed E-state index contributed by atoms with van der Waals surface area (Å²) in [5.74, 6) is -2.42. The Morgan fingerprint density at radius 3 is 2.73 bits per heavy atom. The Balaban J connectivity index is 1.62. The van der Waals surface area contributed by atoms with Crippen molar-refractivity contribution in [2.75, 3.05) is 46.3 Å². The van der Waals surface area contributed by atoms with Gasteiger partial charge >= 0.3 is 0 Å². The summed E-state index contributed by atoms with van der Waals surface area (Å²) in [6.45, 7) is 3.83. The van der Waals surface area contributed by atoms with Crippen molar-refractivity contribution in [3.05, 3.63) is 0 Å². The van der Waals surface area contributed by atoms with Crippen LogP contribution < -0.4 is 5.32 Å². The maximum Gasteiger partial charge on any atom is 0.272 e. The number of alkyl halides is 2. The number of rotatable bonds is 3. The Labute approximate surface area is 89.4 Å². The second kappa shape index (κ2) is 4.31. The molecule has 0 saturated carbocycles. The van der Waals surface area contributed by atoms with Gasteiger partial charge in [-0.05, 0) is 13.5 Å². The van der Waals surface area contributed by atoms with Crippen LogP contribution in [0.4, 0.5) is 8.78 Å². The number of nitrogens with zero attached hydrogens (tertiary/aromatic N) is 2. The van der Waals surface area contributed by atoms with Crippen molar-refractivity contribution in [1.82, 2.24) is 15.1 Å². The van der Waals surface area contributed by atoms with Crippen molar-refractivity contribution in [2.45, 2.75) is 18.4 Å². The minimum atomic E-state index is -2.42. The summed E-state index contributed by atoms with van der Waals surface area (Å²) >= 11 is 0. The van der Waals surface area contributed by atoms with Crippen LogP contribution in [0.25, 0.3) is 0 Å². The molecule has 0 bridgehead atoms. The molecule has 15 heavy (non-hydrogen) atoms. The lowest BCUT2D eigenvalue weighted by Crippen LogP contribution is -2.57. The Hall–Kier alpha value is -0.260. The summed E-state index contributed by atoms with van der Waals surface area (Å²) in [5, 5.41) is 3.42. The second-order valence-electron chi connectivity index (χ2n) is 4.77. The molecule has 0 unspecified atom stereocenters. The predicted molar refractivity (Wildman–Crippen MR) is 55.3 cm³/mol. The Kier molecular flexibility index (Phi) is 3.23. The van der Waals surface area contributed by atoms with Gasteiger partial charge in [-0.2, -0.15) is 0 Å². The van der Waals surface area contributed by atoms with Crippen LogP contribution in [0.3, 0.4) is 0 Å². The zero-order valence-corrected chi connectivity index (χ0v) is 9.18. The van der Waals surface area contributed by atoms with Gasteiger partial charge in [-0.3, -0.25) is 4.90 Å². The fraction of sp³-hybridized carbons (Fsp3) is 1.00. The molecule has 1 N–H and O–H groups in total. The van der Waals surface area contributed by atoms with E-state index < -0.39 is 5.92 Å². The first-order valence-electron chi connectivity index (χ1n) is 5.57. The third kappa shape index (κ3) is 3.09. The zero-order chi connectivity index (χ0) is 10.9. The van der Waals surface area contributed by atoms with Gasteiger partial charge in [0.25, 0.3) is 5.92 Å². The van der Waals surface area contributed by atoms with Gasteiger partial charge in [0.15, 0.2) is 0 Å². The molecular weight excluding hydrogens is 200 g/mol. The number of nitrogens with one attached hydrogen (secondary N) is 1. The first kappa shape index (κ1) is 11.2. The molecule has 2 heterocycles. The molecule has 0 radical (unpaired) electrons. The molecule has 2 saturated heterocycles. The highest BCUT2D eigenvalue weighted by Gasteiger charge is 2.43. The molecule has 2 fully saturated rings. The molecule has 0 amide bonds. The average Bonchev–Trinajstić information content (AvgIpc) is 2.11. The summed E-state index contributed by atoms with van der Waals surface area (Å²) < 4.78 is 25.1. The van der Waals surface area contributed by atoms with Crippen molar-refractivity contribution >= 4 is 0 Å². The monoisotopic (exact) mass is 219 g/mol. The number of hydrogen-bond acceptors (Lipinski definition) is 3. The van der Waals surface area contributed by atoms with E-state index >= 15 is 0 Å². The van der Waals surface area contributed by atoms with Gasteiger partial charge in [-0.1, -0.05) is 0 Å². The molecule has 2 rings (SSSR count). The lowest BCUT2D eigenvalue weighted by molar-refractivity contribution is -0.131. The number of halogens is 2. The molecule has 0 aromatic carbocycles. The van der Waals surface area contributed by atoms with Gasteiger partial charge in [0.05, 0.1) is 13.1 Å². The normalized spacial score (nSPS) is 32.6. The van der Waals surface area contributed by atoms with Crippen molar-refractivity contribution in [3.63, 3.8) is 0 Å². The van der Waals surface area contributed by atoms with E-state index in [0.717, 1.165) is 32.6 Å². The van der Waals surface area contributed by atoms with Crippen LogP contribution in [-0.4, -0.2) is 68.1 Å². The van der Waals surface area contributed by atoms with Gasteiger partial charge in [0, 0.05) is 32.2 Å². The minimum absolute atomic E-state index is 0.0461. The fourth-order valence-electron chi connectivity index (χ4n) is 2.29. The number of likely N-dealkylation sites (N-methyl/N-ethyl adjacent to an activating group) is 1. The maximum atomic E-state index is 12.6. The number of piperazine rings is 1. The van der Waals surface area contributed by atoms with Crippen LogP contribution in [-0.2, 0) is 0 Å². The highest BCUT2D eigenvalue weighted by atomic mass is 19.3. The van der Waals surface area contributed by atoms with Gasteiger partial charge in [0.2, 0.25) is 0 Å². The zero-order valence-electron chi connectivity index (χ0n) is 9.18. The lowest BCUT2D eigenvalue weighted by Gasteiger charge is -2.40. The summed E-state index contributed by atoms with van der Waals surface area (Å²) in [7, 11) is 2.10. The van der Waals surface area contributed by atoms with Crippen molar-refractivity contribution in [2.24, 2.45) is 0 Å². The summed E-state index contributed by atoms with van der Waals surface area (Å²) in [5.41, 5.74) is 0. The second-order valence-corrected chi connectivity index (χ2v) is 4.77. The maximum absolute atomic E-state index is 12.6. The lowest BCUT2D eigenvalue weighted by atomic mass is 10.1. The van der Waals surface area contributed by atoms with Crippen molar-refractivity contribution in [3.8, 4) is 0 Å².